The van der Waals surface area contributed by atoms with Crippen molar-refractivity contribution in [1.82, 2.24) is 15.7 Å². The fourth-order valence-electron chi connectivity index (χ4n) is 2.80. The molecule has 0 spiro atoms. The van der Waals surface area contributed by atoms with E-state index in [0.29, 0.717) is 30.1 Å². The summed E-state index contributed by atoms with van der Waals surface area (Å²) in [5.74, 6) is -1.41. The second-order valence-corrected chi connectivity index (χ2v) is 7.07. The van der Waals surface area contributed by atoms with Crippen LogP contribution in [0.3, 0.4) is 0 Å². The van der Waals surface area contributed by atoms with Gasteiger partial charge in [-0.25, -0.2) is 9.86 Å². The van der Waals surface area contributed by atoms with Gasteiger partial charge in [0, 0.05) is 37.3 Å². The maximum atomic E-state index is 12.1. The summed E-state index contributed by atoms with van der Waals surface area (Å²) in [6.07, 6.45) is 3.33. The van der Waals surface area contributed by atoms with Crippen molar-refractivity contribution in [1.29, 1.82) is 0 Å². The van der Waals surface area contributed by atoms with E-state index in [0.717, 1.165) is 36.2 Å². The number of esters is 1. The molecule has 8 nitrogen and oxygen atoms in total. The van der Waals surface area contributed by atoms with E-state index in [1.165, 1.54) is 7.11 Å². The molecule has 170 valence electrons. The molecule has 0 saturated carbocycles. The Morgan fingerprint density at radius 1 is 0.938 bits per heavy atom. The van der Waals surface area contributed by atoms with E-state index in [-0.39, 0.29) is 12.5 Å². The molecule has 8 heteroatoms. The average Bonchev–Trinajstić information content (AvgIpc) is 2.83. The number of carbonyl (C=O) groups excluding carboxylic acids is 3. The number of nitrogens with one attached hydrogen (secondary N) is 2. The smallest absolute Gasteiger partial charge is 0.330 e. The van der Waals surface area contributed by atoms with Gasteiger partial charge in [-0.3, -0.25) is 14.8 Å². The Balaban J connectivity index is 1.59. The van der Waals surface area contributed by atoms with Gasteiger partial charge in [-0.2, -0.15) is 0 Å². The number of nitrogens with zero attached hydrogens (tertiary/aromatic N) is 1. The standard InChI is InChI=1S/C24H29N3O5/c1-32-23(29)14-13-22(28)27(31)16-6-5-15-25-17-19-9-11-20(12-10-19)18-26-24(30)21-7-3-2-4-8-21/h2-4,7-14,25,31H,5-6,15-18H2,1H3,(H,26,30)/b14-13+. The summed E-state index contributed by atoms with van der Waals surface area (Å²) < 4.78 is 4.38. The summed E-state index contributed by atoms with van der Waals surface area (Å²) in [5.41, 5.74) is 2.78. The van der Waals surface area contributed by atoms with Crippen molar-refractivity contribution >= 4 is 17.8 Å². The second-order valence-electron chi connectivity index (χ2n) is 7.07. The minimum absolute atomic E-state index is 0.0982. The molecule has 0 saturated heterocycles. The van der Waals surface area contributed by atoms with Crippen molar-refractivity contribution < 1.29 is 24.3 Å². The number of carbonyl (C=O) groups is 3. The van der Waals surface area contributed by atoms with Crippen LogP contribution in [0.15, 0.2) is 66.7 Å². The van der Waals surface area contributed by atoms with Crippen LogP contribution in [-0.2, 0) is 27.4 Å². The number of hydrogen-bond donors (Lipinski definition) is 3. The first-order chi connectivity index (χ1) is 15.5. The fourth-order valence-corrected chi connectivity index (χ4v) is 2.80. The third kappa shape index (κ3) is 9.11. The van der Waals surface area contributed by atoms with Crippen LogP contribution in [0.1, 0.15) is 34.3 Å². The Morgan fingerprint density at radius 3 is 2.25 bits per heavy atom. The third-order valence-electron chi connectivity index (χ3n) is 4.63. The number of methoxy groups -OCH3 is 1. The molecule has 0 bridgehead atoms. The molecule has 2 rings (SSSR count). The molecule has 2 aromatic rings. The van der Waals surface area contributed by atoms with Crippen LogP contribution in [0.25, 0.3) is 0 Å². The highest BCUT2D eigenvalue weighted by Gasteiger charge is 2.07. The summed E-state index contributed by atoms with van der Waals surface area (Å²) in [7, 11) is 1.21. The van der Waals surface area contributed by atoms with Gasteiger partial charge in [0.25, 0.3) is 11.8 Å². The minimum Gasteiger partial charge on any atom is -0.466 e. The third-order valence-corrected chi connectivity index (χ3v) is 4.63. The Bertz CT molecular complexity index is 898. The van der Waals surface area contributed by atoms with Crippen LogP contribution in [0.5, 0.6) is 0 Å². The van der Waals surface area contributed by atoms with Crippen LogP contribution < -0.4 is 10.6 Å². The lowest BCUT2D eigenvalue weighted by atomic mass is 10.1. The molecule has 0 atom stereocenters. The summed E-state index contributed by atoms with van der Waals surface area (Å²) in [6.45, 7) is 2.07. The molecule has 0 aliphatic heterocycles. The zero-order chi connectivity index (χ0) is 23.2. The summed E-state index contributed by atoms with van der Waals surface area (Å²) in [6, 6.07) is 17.1. The van der Waals surface area contributed by atoms with E-state index in [4.69, 9.17) is 0 Å². The summed E-state index contributed by atoms with van der Waals surface area (Å²) >= 11 is 0. The van der Waals surface area contributed by atoms with Crippen LogP contribution >= 0.6 is 0 Å². The molecule has 32 heavy (non-hydrogen) atoms. The number of amides is 2. The number of hydroxylamine groups is 2. The van der Waals surface area contributed by atoms with Crippen LogP contribution in [0, 0.1) is 0 Å². The van der Waals surface area contributed by atoms with Crippen molar-refractivity contribution in [2.45, 2.75) is 25.9 Å². The van der Waals surface area contributed by atoms with E-state index in [9.17, 15) is 19.6 Å². The van der Waals surface area contributed by atoms with Gasteiger partial charge < -0.3 is 15.4 Å². The quantitative estimate of drug-likeness (QED) is 0.154. The number of hydrogen-bond acceptors (Lipinski definition) is 6. The Kier molecular flexibility index (Phi) is 10.6. The summed E-state index contributed by atoms with van der Waals surface area (Å²) in [5, 5.41) is 16.4. The van der Waals surface area contributed by atoms with E-state index in [2.05, 4.69) is 15.4 Å². The SMILES string of the molecule is COC(=O)/C=C/C(=O)N(O)CCCCNCc1ccc(CNC(=O)c2ccccc2)cc1. The van der Waals surface area contributed by atoms with Gasteiger partial charge in [0.15, 0.2) is 0 Å². The van der Waals surface area contributed by atoms with Gasteiger partial charge in [0.1, 0.15) is 0 Å². The number of ether oxygens (including phenoxy) is 1. The van der Waals surface area contributed by atoms with E-state index in [1.54, 1.807) is 12.1 Å². The predicted molar refractivity (Wildman–Crippen MR) is 120 cm³/mol. The first kappa shape index (κ1) is 24.8. The lowest BCUT2D eigenvalue weighted by Crippen LogP contribution is -2.27. The van der Waals surface area contributed by atoms with Gasteiger partial charge in [0.2, 0.25) is 0 Å². The summed E-state index contributed by atoms with van der Waals surface area (Å²) in [4.78, 5) is 34.6. The number of benzene rings is 2. The normalized spacial score (nSPS) is 10.7. The van der Waals surface area contributed by atoms with Gasteiger partial charge in [0.05, 0.1) is 7.11 Å². The van der Waals surface area contributed by atoms with Crippen LogP contribution in [0.2, 0.25) is 0 Å². The number of unbranched alkanes of at least 4 members (excludes halogenated alkanes) is 1. The molecule has 0 aliphatic carbocycles. The topological polar surface area (TPSA) is 108 Å². The molecular formula is C24H29N3O5. The largest absolute Gasteiger partial charge is 0.466 e. The van der Waals surface area contributed by atoms with Crippen molar-refractivity contribution in [2.24, 2.45) is 0 Å². The monoisotopic (exact) mass is 439 g/mol. The average molecular weight is 440 g/mol. The Morgan fingerprint density at radius 2 is 1.59 bits per heavy atom. The molecule has 0 heterocycles. The molecule has 3 N–H and O–H groups in total. The van der Waals surface area contributed by atoms with E-state index < -0.39 is 11.9 Å². The van der Waals surface area contributed by atoms with Gasteiger partial charge in [-0.05, 0) is 42.6 Å². The number of rotatable bonds is 12. The Labute approximate surface area is 187 Å². The lowest BCUT2D eigenvalue weighted by Gasteiger charge is -2.12. The van der Waals surface area contributed by atoms with Crippen molar-refractivity contribution in [2.75, 3.05) is 20.2 Å². The maximum Gasteiger partial charge on any atom is 0.330 e. The van der Waals surface area contributed by atoms with Gasteiger partial charge >= 0.3 is 5.97 Å². The highest BCUT2D eigenvalue weighted by atomic mass is 16.5. The zero-order valence-electron chi connectivity index (χ0n) is 18.1. The molecular weight excluding hydrogens is 410 g/mol. The maximum absolute atomic E-state index is 12.1. The van der Waals surface area contributed by atoms with Gasteiger partial charge in [-0.15, -0.1) is 0 Å². The predicted octanol–water partition coefficient (Wildman–Crippen LogP) is 2.43. The molecule has 0 aromatic heterocycles. The highest BCUT2D eigenvalue weighted by Crippen LogP contribution is 2.05. The molecule has 0 radical (unpaired) electrons. The fraction of sp³-hybridized carbons (Fsp3) is 0.292. The molecule has 2 amide bonds. The van der Waals surface area contributed by atoms with Crippen molar-refractivity contribution in [3.63, 3.8) is 0 Å². The highest BCUT2D eigenvalue weighted by molar-refractivity contribution is 5.94. The van der Waals surface area contributed by atoms with Gasteiger partial charge in [-0.1, -0.05) is 42.5 Å². The molecule has 0 fully saturated rings. The van der Waals surface area contributed by atoms with Crippen molar-refractivity contribution in [3.8, 4) is 0 Å². The molecule has 2 aromatic carbocycles. The van der Waals surface area contributed by atoms with E-state index in [1.807, 2.05) is 42.5 Å². The molecule has 0 unspecified atom stereocenters. The lowest BCUT2D eigenvalue weighted by molar-refractivity contribution is -0.159. The van der Waals surface area contributed by atoms with Crippen molar-refractivity contribution in [3.05, 3.63) is 83.4 Å². The van der Waals surface area contributed by atoms with Crippen LogP contribution in [-0.4, -0.2) is 48.3 Å². The van der Waals surface area contributed by atoms with Crippen LogP contribution in [0.4, 0.5) is 0 Å². The van der Waals surface area contributed by atoms with E-state index >= 15 is 0 Å². The Hall–Kier alpha value is -3.49. The first-order valence-electron chi connectivity index (χ1n) is 10.4. The zero-order valence-corrected chi connectivity index (χ0v) is 18.1. The second kappa shape index (κ2) is 13.7. The minimum atomic E-state index is -0.664. The first-order valence-corrected chi connectivity index (χ1v) is 10.4. The molecule has 0 aliphatic rings.